The first-order valence-corrected chi connectivity index (χ1v) is 7.52. The van der Waals surface area contributed by atoms with E-state index < -0.39 is 38.3 Å². The van der Waals surface area contributed by atoms with Crippen molar-refractivity contribution in [1.29, 1.82) is 0 Å². The third kappa shape index (κ3) is 3.49. The predicted octanol–water partition coefficient (Wildman–Crippen LogP) is 2.10. The number of hydrogen-bond donors (Lipinski definition) is 1. The van der Waals surface area contributed by atoms with E-state index in [4.69, 9.17) is 0 Å². The van der Waals surface area contributed by atoms with Crippen LogP contribution < -0.4 is 5.32 Å². The second-order valence-electron chi connectivity index (χ2n) is 3.71. The third-order valence-electron chi connectivity index (χ3n) is 2.28. The zero-order valence-electron chi connectivity index (χ0n) is 9.50. The second-order valence-corrected chi connectivity index (χ2v) is 6.93. The van der Waals surface area contributed by atoms with Crippen LogP contribution in [-0.2, 0) is 14.6 Å². The Morgan fingerprint density at radius 2 is 1.89 bits per heavy atom. The molecule has 0 bridgehead atoms. The van der Waals surface area contributed by atoms with E-state index >= 15 is 0 Å². The maximum absolute atomic E-state index is 13.4. The summed E-state index contributed by atoms with van der Waals surface area (Å²) in [7, 11) is -3.59. The minimum absolute atomic E-state index is 0.0887. The van der Waals surface area contributed by atoms with Gasteiger partial charge in [0.2, 0.25) is 5.91 Å². The predicted molar refractivity (Wildman–Crippen MR) is 67.0 cm³/mol. The lowest BCUT2D eigenvalue weighted by atomic mass is 10.3. The number of amides is 1. The molecule has 1 unspecified atom stereocenters. The quantitative estimate of drug-likeness (QED) is 0.856. The van der Waals surface area contributed by atoms with E-state index in [0.717, 1.165) is 25.3 Å². The Bertz CT molecular complexity index is 589. The highest BCUT2D eigenvalue weighted by atomic mass is 79.9. The first-order valence-electron chi connectivity index (χ1n) is 4.77. The average Bonchev–Trinajstić information content (AvgIpc) is 2.23. The monoisotopic (exact) mass is 341 g/mol. The van der Waals surface area contributed by atoms with Gasteiger partial charge < -0.3 is 5.32 Å². The van der Waals surface area contributed by atoms with Gasteiger partial charge in [0.25, 0.3) is 0 Å². The Labute approximate surface area is 111 Å². The number of nitrogens with one attached hydrogen (secondary N) is 1. The summed E-state index contributed by atoms with van der Waals surface area (Å²) in [5.74, 6) is -2.55. The molecule has 0 radical (unpaired) electrons. The molecule has 0 aliphatic rings. The average molecular weight is 342 g/mol. The molecule has 1 aromatic rings. The van der Waals surface area contributed by atoms with Crippen LogP contribution in [0, 0.1) is 11.6 Å². The first-order chi connectivity index (χ1) is 8.12. The van der Waals surface area contributed by atoms with Gasteiger partial charge in [-0.15, -0.1) is 0 Å². The minimum atomic E-state index is -3.59. The molecule has 0 aromatic heterocycles. The molecule has 0 aliphatic carbocycles. The Hall–Kier alpha value is -1.02. The van der Waals surface area contributed by atoms with Gasteiger partial charge in [-0.1, -0.05) is 0 Å². The number of rotatable bonds is 3. The topological polar surface area (TPSA) is 63.2 Å². The molecule has 0 heterocycles. The molecule has 1 aromatic carbocycles. The van der Waals surface area contributed by atoms with Crippen molar-refractivity contribution < 1.29 is 22.0 Å². The van der Waals surface area contributed by atoms with Crippen molar-refractivity contribution in [2.45, 2.75) is 12.2 Å². The molecule has 1 amide bonds. The van der Waals surface area contributed by atoms with Crippen molar-refractivity contribution in [1.82, 2.24) is 0 Å². The van der Waals surface area contributed by atoms with Gasteiger partial charge in [0, 0.05) is 12.3 Å². The summed E-state index contributed by atoms with van der Waals surface area (Å²) >= 11 is 2.78. The van der Waals surface area contributed by atoms with Crippen LogP contribution in [0.2, 0.25) is 0 Å². The van der Waals surface area contributed by atoms with E-state index in [1.807, 2.05) is 5.32 Å². The standard InChI is InChI=1S/C10H10BrF2NO3S/c1-5(18(2,16)17)10(15)14-9-4-7(12)6(11)3-8(9)13/h3-5H,1-2H3,(H,14,15). The fourth-order valence-corrected chi connectivity index (χ4v) is 1.81. The smallest absolute Gasteiger partial charge is 0.242 e. The largest absolute Gasteiger partial charge is 0.322 e. The van der Waals surface area contributed by atoms with Crippen LogP contribution in [0.4, 0.5) is 14.5 Å². The molecule has 0 fully saturated rings. The third-order valence-corrected chi connectivity index (χ3v) is 4.39. The lowest BCUT2D eigenvalue weighted by molar-refractivity contribution is -0.115. The summed E-state index contributed by atoms with van der Waals surface area (Å²) in [6.07, 6.45) is 0.885. The number of halogens is 3. The molecule has 4 nitrogen and oxygen atoms in total. The number of carbonyl (C=O) groups excluding carboxylic acids is 1. The molecule has 1 N–H and O–H groups in total. The van der Waals surface area contributed by atoms with Gasteiger partial charge >= 0.3 is 0 Å². The van der Waals surface area contributed by atoms with Gasteiger partial charge in [0.15, 0.2) is 9.84 Å². The van der Waals surface area contributed by atoms with Crippen LogP contribution in [0.1, 0.15) is 6.92 Å². The van der Waals surface area contributed by atoms with E-state index in [1.165, 1.54) is 0 Å². The Morgan fingerprint density at radius 1 is 1.33 bits per heavy atom. The summed E-state index contributed by atoms with van der Waals surface area (Å²) in [5.41, 5.74) is -0.406. The maximum Gasteiger partial charge on any atom is 0.242 e. The molecule has 8 heteroatoms. The van der Waals surface area contributed by atoms with Gasteiger partial charge in [-0.25, -0.2) is 17.2 Å². The summed E-state index contributed by atoms with van der Waals surface area (Å²) in [4.78, 5) is 11.5. The lowest BCUT2D eigenvalue weighted by Gasteiger charge is -2.11. The van der Waals surface area contributed by atoms with Crippen LogP contribution >= 0.6 is 15.9 Å². The SMILES string of the molecule is CC(C(=O)Nc1cc(F)c(Br)cc1F)S(C)(=O)=O. The maximum atomic E-state index is 13.4. The molecule has 1 atom stereocenters. The number of benzene rings is 1. The highest BCUT2D eigenvalue weighted by Crippen LogP contribution is 2.23. The fourth-order valence-electron chi connectivity index (χ4n) is 1.05. The summed E-state index contributed by atoms with van der Waals surface area (Å²) < 4.78 is 48.7. The highest BCUT2D eigenvalue weighted by molar-refractivity contribution is 9.10. The van der Waals surface area contributed by atoms with Gasteiger partial charge in [0.05, 0.1) is 10.2 Å². The van der Waals surface area contributed by atoms with Gasteiger partial charge in [-0.3, -0.25) is 4.79 Å². The van der Waals surface area contributed by atoms with Crippen LogP contribution in [-0.4, -0.2) is 25.8 Å². The van der Waals surface area contributed by atoms with Crippen molar-refractivity contribution in [2.24, 2.45) is 0 Å². The lowest BCUT2D eigenvalue weighted by Crippen LogP contribution is -2.32. The van der Waals surface area contributed by atoms with Crippen molar-refractivity contribution >= 4 is 37.4 Å². The summed E-state index contributed by atoms with van der Waals surface area (Å²) in [6.45, 7) is 1.16. The first kappa shape index (κ1) is 15.0. The Kier molecular flexibility index (Phi) is 4.44. The summed E-state index contributed by atoms with van der Waals surface area (Å²) in [5, 5.41) is 0.687. The number of hydrogen-bond acceptors (Lipinski definition) is 3. The van der Waals surface area contributed by atoms with E-state index in [1.54, 1.807) is 0 Å². The van der Waals surface area contributed by atoms with Crippen LogP contribution in [0.5, 0.6) is 0 Å². The molecule has 1 rings (SSSR count). The molecule has 0 saturated heterocycles. The van der Waals surface area contributed by atoms with Crippen LogP contribution in [0.25, 0.3) is 0 Å². The van der Waals surface area contributed by atoms with Gasteiger partial charge in [-0.2, -0.15) is 0 Å². The van der Waals surface area contributed by atoms with E-state index in [9.17, 15) is 22.0 Å². The van der Waals surface area contributed by atoms with Crippen molar-refractivity contribution in [3.8, 4) is 0 Å². The van der Waals surface area contributed by atoms with Crippen LogP contribution in [0.3, 0.4) is 0 Å². The zero-order chi connectivity index (χ0) is 14.1. The van der Waals surface area contributed by atoms with Gasteiger partial charge in [0.1, 0.15) is 16.9 Å². The summed E-state index contributed by atoms with van der Waals surface area (Å²) in [6, 6.07) is 1.61. The van der Waals surface area contributed by atoms with Gasteiger partial charge in [-0.05, 0) is 28.9 Å². The van der Waals surface area contributed by atoms with E-state index in [2.05, 4.69) is 15.9 Å². The van der Waals surface area contributed by atoms with Crippen molar-refractivity contribution in [3.63, 3.8) is 0 Å². The number of sulfone groups is 1. The molecule has 0 aliphatic heterocycles. The highest BCUT2D eigenvalue weighted by Gasteiger charge is 2.24. The number of carbonyl (C=O) groups is 1. The molecule has 0 saturated carbocycles. The van der Waals surface area contributed by atoms with E-state index in [-0.39, 0.29) is 4.47 Å². The molecular formula is C10H10BrF2NO3S. The van der Waals surface area contributed by atoms with Crippen molar-refractivity contribution in [2.75, 3.05) is 11.6 Å². The molecule has 0 spiro atoms. The number of anilines is 1. The van der Waals surface area contributed by atoms with E-state index in [0.29, 0.717) is 0 Å². The Balaban J connectivity index is 2.99. The molecular weight excluding hydrogens is 332 g/mol. The molecule has 18 heavy (non-hydrogen) atoms. The normalized spacial score (nSPS) is 13.2. The van der Waals surface area contributed by atoms with Crippen LogP contribution in [0.15, 0.2) is 16.6 Å². The zero-order valence-corrected chi connectivity index (χ0v) is 11.9. The minimum Gasteiger partial charge on any atom is -0.322 e. The fraction of sp³-hybridized carbons (Fsp3) is 0.300. The van der Waals surface area contributed by atoms with Crippen molar-refractivity contribution in [3.05, 3.63) is 28.2 Å². The Morgan fingerprint density at radius 3 is 2.39 bits per heavy atom. The molecule has 100 valence electrons. The second kappa shape index (κ2) is 5.31.